The molecule has 0 aliphatic carbocycles. The van der Waals surface area contributed by atoms with Crippen LogP contribution < -0.4 is 0 Å². The lowest BCUT2D eigenvalue weighted by molar-refractivity contribution is 0.0603. The number of methoxy groups -OCH3 is 1. The van der Waals surface area contributed by atoms with Crippen LogP contribution in [-0.2, 0) is 15.8 Å². The number of ether oxygens (including phenoxy) is 1. The minimum Gasteiger partial charge on any atom is -0.506 e. The van der Waals surface area contributed by atoms with E-state index in [-0.39, 0.29) is 15.7 Å². The summed E-state index contributed by atoms with van der Waals surface area (Å²) in [6.07, 6.45) is 3.74. The fraction of sp³-hybridized carbons (Fsp3) is 0.400. The third kappa shape index (κ3) is 3.85. The van der Waals surface area contributed by atoms with Gasteiger partial charge in [-0.05, 0) is 29.8 Å². The third-order valence-electron chi connectivity index (χ3n) is 5.31. The van der Waals surface area contributed by atoms with E-state index >= 15 is 0 Å². The van der Waals surface area contributed by atoms with Crippen LogP contribution in [0.5, 0.6) is 5.75 Å². The number of imidazole rings is 1. The highest BCUT2D eigenvalue weighted by Gasteiger charge is 2.37. The van der Waals surface area contributed by atoms with Gasteiger partial charge in [-0.25, -0.2) is 9.78 Å². The van der Waals surface area contributed by atoms with Gasteiger partial charge in [-0.2, -0.15) is 0 Å². The summed E-state index contributed by atoms with van der Waals surface area (Å²) in [6, 6.07) is 5.53. The van der Waals surface area contributed by atoms with Crippen LogP contribution in [0, 0.1) is 0 Å². The molecule has 0 bridgehead atoms. The maximum Gasteiger partial charge on any atom is 0.351 e. The van der Waals surface area contributed by atoms with E-state index in [0.717, 1.165) is 21.8 Å². The molecule has 0 fully saturated rings. The molecule has 150 valence electrons. The second kappa shape index (κ2) is 7.34. The fourth-order valence-electron chi connectivity index (χ4n) is 2.52. The van der Waals surface area contributed by atoms with E-state index < -0.39 is 14.3 Å². The van der Waals surface area contributed by atoms with E-state index in [1.807, 2.05) is 22.7 Å². The molecular formula is C20H26N2O4SSi. The van der Waals surface area contributed by atoms with Gasteiger partial charge in [0.25, 0.3) is 0 Å². The number of rotatable bonds is 5. The Balaban J connectivity index is 1.92. The summed E-state index contributed by atoms with van der Waals surface area (Å²) in [5.41, 5.74) is 2.64. The highest BCUT2D eigenvalue weighted by molar-refractivity contribution is 7.17. The van der Waals surface area contributed by atoms with Crippen LogP contribution >= 0.6 is 11.3 Å². The first-order valence-corrected chi connectivity index (χ1v) is 12.8. The molecule has 3 heterocycles. The number of esters is 1. The average Bonchev–Trinajstić information content (AvgIpc) is 3.21. The molecule has 0 amide bonds. The molecule has 0 aromatic carbocycles. The summed E-state index contributed by atoms with van der Waals surface area (Å²) in [7, 11) is -0.549. The molecule has 3 aromatic heterocycles. The Morgan fingerprint density at radius 3 is 2.68 bits per heavy atom. The summed E-state index contributed by atoms with van der Waals surface area (Å²) >= 11 is 1.18. The Hall–Kier alpha value is -2.16. The molecule has 0 spiro atoms. The SMILES string of the molecule is COC(=O)c1sc(-c2cnc3ccc(CO[Si](C)(C)C(C)(C)C)cn23)cc1O. The van der Waals surface area contributed by atoms with E-state index in [1.165, 1.54) is 18.4 Å². The number of pyridine rings is 1. The second-order valence-electron chi connectivity index (χ2n) is 8.27. The van der Waals surface area contributed by atoms with Gasteiger partial charge < -0.3 is 14.3 Å². The van der Waals surface area contributed by atoms with Crippen LogP contribution in [0.2, 0.25) is 18.1 Å². The van der Waals surface area contributed by atoms with Gasteiger partial charge in [0.15, 0.2) is 13.2 Å². The maximum atomic E-state index is 11.8. The van der Waals surface area contributed by atoms with Gasteiger partial charge in [0.2, 0.25) is 0 Å². The summed E-state index contributed by atoms with van der Waals surface area (Å²) in [6.45, 7) is 11.7. The lowest BCUT2D eigenvalue weighted by atomic mass is 10.2. The number of nitrogens with zero attached hydrogens (tertiary/aromatic N) is 2. The van der Waals surface area contributed by atoms with Crippen LogP contribution in [-0.4, -0.2) is 35.9 Å². The van der Waals surface area contributed by atoms with Gasteiger partial charge in [0.1, 0.15) is 11.4 Å². The zero-order chi connectivity index (χ0) is 20.7. The van der Waals surface area contributed by atoms with Crippen molar-refractivity contribution in [2.45, 2.75) is 45.5 Å². The van der Waals surface area contributed by atoms with E-state index in [0.29, 0.717) is 6.61 Å². The van der Waals surface area contributed by atoms with Gasteiger partial charge in [-0.1, -0.05) is 26.8 Å². The predicted molar refractivity (Wildman–Crippen MR) is 113 cm³/mol. The van der Waals surface area contributed by atoms with Gasteiger partial charge in [-0.3, -0.25) is 4.40 Å². The third-order valence-corrected chi connectivity index (χ3v) is 10.9. The zero-order valence-electron chi connectivity index (χ0n) is 17.1. The molecular weight excluding hydrogens is 392 g/mol. The van der Waals surface area contributed by atoms with Crippen LogP contribution in [0.15, 0.2) is 30.6 Å². The molecule has 28 heavy (non-hydrogen) atoms. The number of aromatic nitrogens is 2. The van der Waals surface area contributed by atoms with Crippen molar-refractivity contribution in [1.82, 2.24) is 9.38 Å². The first-order valence-electron chi connectivity index (χ1n) is 9.05. The minimum absolute atomic E-state index is 0.0841. The number of hydrogen-bond donors (Lipinski definition) is 1. The number of carbonyl (C=O) groups excluding carboxylic acids is 1. The van der Waals surface area contributed by atoms with Crippen molar-refractivity contribution in [1.29, 1.82) is 0 Å². The number of carbonyl (C=O) groups is 1. The summed E-state index contributed by atoms with van der Waals surface area (Å²) in [4.78, 5) is 17.1. The first-order chi connectivity index (χ1) is 13.0. The smallest absolute Gasteiger partial charge is 0.351 e. The molecule has 6 nitrogen and oxygen atoms in total. The zero-order valence-corrected chi connectivity index (χ0v) is 18.9. The molecule has 0 aliphatic heterocycles. The van der Waals surface area contributed by atoms with Gasteiger partial charge in [0, 0.05) is 12.3 Å². The minimum atomic E-state index is -1.84. The molecule has 8 heteroatoms. The van der Waals surface area contributed by atoms with Crippen molar-refractivity contribution in [3.8, 4) is 16.3 Å². The second-order valence-corrected chi connectivity index (χ2v) is 14.1. The largest absolute Gasteiger partial charge is 0.506 e. The van der Waals surface area contributed by atoms with Gasteiger partial charge in [-0.15, -0.1) is 11.3 Å². The van der Waals surface area contributed by atoms with E-state index in [1.54, 1.807) is 12.3 Å². The lowest BCUT2D eigenvalue weighted by Crippen LogP contribution is -2.40. The Bertz CT molecular complexity index is 1020. The van der Waals surface area contributed by atoms with Crippen molar-refractivity contribution >= 4 is 31.3 Å². The Morgan fingerprint density at radius 1 is 1.32 bits per heavy atom. The topological polar surface area (TPSA) is 73.1 Å². The van der Waals surface area contributed by atoms with Crippen molar-refractivity contribution in [3.63, 3.8) is 0 Å². The van der Waals surface area contributed by atoms with Crippen LogP contribution in [0.4, 0.5) is 0 Å². The first kappa shape index (κ1) is 20.6. The fourth-order valence-corrected chi connectivity index (χ4v) is 4.46. The molecule has 1 N–H and O–H groups in total. The van der Waals surface area contributed by atoms with Gasteiger partial charge in [0.05, 0.1) is 30.5 Å². The van der Waals surface area contributed by atoms with Gasteiger partial charge >= 0.3 is 5.97 Å². The number of hydrogen-bond acceptors (Lipinski definition) is 6. The van der Waals surface area contributed by atoms with Crippen LogP contribution in [0.1, 0.15) is 36.0 Å². The Kier molecular flexibility index (Phi) is 5.39. The van der Waals surface area contributed by atoms with Crippen LogP contribution in [0.3, 0.4) is 0 Å². The molecule has 0 radical (unpaired) electrons. The molecule has 0 saturated carbocycles. The maximum absolute atomic E-state index is 11.8. The number of thiophene rings is 1. The summed E-state index contributed by atoms with van der Waals surface area (Å²) in [5, 5.41) is 10.2. The number of aromatic hydroxyl groups is 1. The highest BCUT2D eigenvalue weighted by atomic mass is 32.1. The average molecular weight is 419 g/mol. The lowest BCUT2D eigenvalue weighted by Gasteiger charge is -2.36. The summed E-state index contributed by atoms with van der Waals surface area (Å²) < 4.78 is 13.0. The molecule has 0 atom stereocenters. The molecule has 0 unspecified atom stereocenters. The number of fused-ring (bicyclic) bond motifs is 1. The quantitative estimate of drug-likeness (QED) is 0.462. The van der Waals surface area contributed by atoms with E-state index in [4.69, 9.17) is 9.16 Å². The standard InChI is InChI=1S/C20H26N2O4SSi/c1-20(2,3)28(5,6)26-12-13-7-8-17-21-10-14(22(17)11-13)16-9-15(23)18(27-16)19(24)25-4/h7-11,23H,12H2,1-6H3. The van der Waals surface area contributed by atoms with Crippen molar-refractivity contribution in [3.05, 3.63) is 41.0 Å². The Labute approximate surface area is 169 Å². The normalized spacial score (nSPS) is 12.5. The van der Waals surface area contributed by atoms with Crippen molar-refractivity contribution in [2.24, 2.45) is 0 Å². The van der Waals surface area contributed by atoms with E-state index in [2.05, 4.69) is 38.8 Å². The molecule has 3 aromatic rings. The predicted octanol–water partition coefficient (Wildman–Crippen LogP) is 5.08. The highest BCUT2D eigenvalue weighted by Crippen LogP contribution is 2.38. The summed E-state index contributed by atoms with van der Waals surface area (Å²) in [5.74, 6) is -0.634. The van der Waals surface area contributed by atoms with Crippen molar-refractivity contribution in [2.75, 3.05) is 7.11 Å². The molecule has 3 rings (SSSR count). The molecule has 0 aliphatic rings. The molecule has 0 saturated heterocycles. The van der Waals surface area contributed by atoms with Crippen molar-refractivity contribution < 1.29 is 19.1 Å². The van der Waals surface area contributed by atoms with E-state index in [9.17, 15) is 9.90 Å². The Morgan fingerprint density at radius 2 is 2.04 bits per heavy atom. The monoisotopic (exact) mass is 418 g/mol. The van der Waals surface area contributed by atoms with Crippen LogP contribution in [0.25, 0.3) is 16.2 Å².